The van der Waals surface area contributed by atoms with Gasteiger partial charge in [-0.15, -0.1) is 0 Å². The lowest BCUT2D eigenvalue weighted by Gasteiger charge is -2.21. The Balaban J connectivity index is 1.29. The third-order valence-electron chi connectivity index (χ3n) is 6.68. The average Bonchev–Trinajstić information content (AvgIpc) is 3.60. The third-order valence-corrected chi connectivity index (χ3v) is 6.68. The summed E-state index contributed by atoms with van der Waals surface area (Å²) in [5.74, 6) is -0.695. The highest BCUT2D eigenvalue weighted by molar-refractivity contribution is 5.80. The monoisotopic (exact) mass is 464 g/mol. The first-order valence-corrected chi connectivity index (χ1v) is 12.0. The molecule has 2 aliphatic carbocycles. The number of nitrogens with one attached hydrogen (secondary N) is 2. The van der Waals surface area contributed by atoms with Crippen LogP contribution in [0.2, 0.25) is 0 Å². The predicted octanol–water partition coefficient (Wildman–Crippen LogP) is 4.45. The van der Waals surface area contributed by atoms with Gasteiger partial charge in [0.2, 0.25) is 5.91 Å². The minimum Gasteiger partial charge on any atom is -0.481 e. The molecule has 7 nitrogen and oxygen atoms in total. The maximum atomic E-state index is 12.7. The van der Waals surface area contributed by atoms with Crippen molar-refractivity contribution < 1.29 is 24.2 Å². The van der Waals surface area contributed by atoms with Crippen LogP contribution >= 0.6 is 0 Å². The molecule has 0 spiro atoms. The van der Waals surface area contributed by atoms with Crippen molar-refractivity contribution in [3.8, 4) is 11.1 Å². The average molecular weight is 465 g/mol. The Morgan fingerprint density at radius 3 is 2.21 bits per heavy atom. The molecule has 2 atom stereocenters. The van der Waals surface area contributed by atoms with Gasteiger partial charge in [0.1, 0.15) is 6.61 Å². The highest BCUT2D eigenvalue weighted by Crippen LogP contribution is 2.44. The second-order valence-corrected chi connectivity index (χ2v) is 9.37. The topological polar surface area (TPSA) is 105 Å². The molecule has 0 heterocycles. The number of carboxylic acid groups (broad SMARTS) is 1. The SMILES string of the molecule is CC(CCCC(=O)O)NC(=O)CC(NC(=O)OCC1c2ccccc2-c2ccccc21)C1CC1. The van der Waals surface area contributed by atoms with E-state index in [0.29, 0.717) is 12.8 Å². The van der Waals surface area contributed by atoms with Crippen LogP contribution < -0.4 is 10.6 Å². The summed E-state index contributed by atoms with van der Waals surface area (Å²) >= 11 is 0. The molecule has 2 unspecified atom stereocenters. The van der Waals surface area contributed by atoms with Crippen LogP contribution in [0.5, 0.6) is 0 Å². The van der Waals surface area contributed by atoms with E-state index < -0.39 is 12.1 Å². The van der Waals surface area contributed by atoms with Crippen LogP contribution in [-0.2, 0) is 14.3 Å². The fourth-order valence-corrected chi connectivity index (χ4v) is 4.79. The van der Waals surface area contributed by atoms with Crippen LogP contribution in [-0.4, -0.2) is 41.8 Å². The first-order valence-electron chi connectivity index (χ1n) is 12.0. The van der Waals surface area contributed by atoms with Crippen LogP contribution in [0.3, 0.4) is 0 Å². The van der Waals surface area contributed by atoms with Gasteiger partial charge in [-0.05, 0) is 60.8 Å². The van der Waals surface area contributed by atoms with Crippen molar-refractivity contribution in [2.45, 2.75) is 63.5 Å². The Kier molecular flexibility index (Phi) is 7.50. The van der Waals surface area contributed by atoms with Crippen LogP contribution in [0.4, 0.5) is 4.79 Å². The molecule has 7 heteroatoms. The summed E-state index contributed by atoms with van der Waals surface area (Å²) in [5.41, 5.74) is 4.67. The van der Waals surface area contributed by atoms with Gasteiger partial charge in [-0.2, -0.15) is 0 Å². The second-order valence-electron chi connectivity index (χ2n) is 9.37. The molecule has 180 valence electrons. The van der Waals surface area contributed by atoms with Gasteiger partial charge in [0.15, 0.2) is 0 Å². The molecule has 2 amide bonds. The Hall–Kier alpha value is -3.35. The Morgan fingerprint density at radius 2 is 1.62 bits per heavy atom. The van der Waals surface area contributed by atoms with E-state index >= 15 is 0 Å². The number of hydrogen-bond acceptors (Lipinski definition) is 4. The normalized spacial score (nSPS) is 16.1. The minimum absolute atomic E-state index is 0.00697. The van der Waals surface area contributed by atoms with E-state index in [4.69, 9.17) is 9.84 Å². The van der Waals surface area contributed by atoms with Crippen LogP contribution in [0.15, 0.2) is 48.5 Å². The molecular weight excluding hydrogens is 432 g/mol. The molecule has 0 aliphatic heterocycles. The number of carbonyl (C=O) groups is 3. The largest absolute Gasteiger partial charge is 0.481 e. The first kappa shape index (κ1) is 23.8. The molecule has 0 bridgehead atoms. The van der Waals surface area contributed by atoms with Gasteiger partial charge in [0, 0.05) is 30.8 Å². The number of carbonyl (C=O) groups excluding carboxylic acids is 2. The zero-order valence-corrected chi connectivity index (χ0v) is 19.5. The molecule has 34 heavy (non-hydrogen) atoms. The minimum atomic E-state index is -0.834. The van der Waals surface area contributed by atoms with Crippen molar-refractivity contribution in [1.82, 2.24) is 10.6 Å². The molecule has 3 N–H and O–H groups in total. The molecule has 0 radical (unpaired) electrons. The van der Waals surface area contributed by atoms with Gasteiger partial charge >= 0.3 is 12.1 Å². The van der Waals surface area contributed by atoms with Crippen molar-refractivity contribution in [2.24, 2.45) is 5.92 Å². The molecule has 4 rings (SSSR count). The number of carboxylic acids is 1. The van der Waals surface area contributed by atoms with Crippen molar-refractivity contribution in [3.63, 3.8) is 0 Å². The second kappa shape index (κ2) is 10.7. The van der Waals surface area contributed by atoms with Gasteiger partial charge in [-0.1, -0.05) is 48.5 Å². The standard InChI is InChI=1S/C27H32N2O5/c1-17(7-6-12-26(31)32)28-25(30)15-24(18-13-14-18)29-27(33)34-16-23-21-10-4-2-8-19(21)20-9-3-5-11-22(20)23/h2-5,8-11,17-18,23-24H,6-7,12-16H2,1H3,(H,28,30)(H,29,33)(H,31,32). The van der Waals surface area contributed by atoms with E-state index in [1.54, 1.807) is 0 Å². The van der Waals surface area contributed by atoms with Crippen molar-refractivity contribution >= 4 is 18.0 Å². The zero-order chi connectivity index (χ0) is 24.1. The maximum absolute atomic E-state index is 12.7. The Bertz CT molecular complexity index is 1000. The first-order chi connectivity index (χ1) is 16.4. The molecule has 2 aromatic carbocycles. The number of hydrogen-bond donors (Lipinski definition) is 3. The Morgan fingerprint density at radius 1 is 1.00 bits per heavy atom. The zero-order valence-electron chi connectivity index (χ0n) is 19.5. The number of benzene rings is 2. The van der Waals surface area contributed by atoms with E-state index in [1.807, 2.05) is 31.2 Å². The number of amides is 2. The van der Waals surface area contributed by atoms with Crippen LogP contribution in [0, 0.1) is 5.92 Å². The smallest absolute Gasteiger partial charge is 0.407 e. The highest BCUT2D eigenvalue weighted by Gasteiger charge is 2.35. The molecule has 2 aromatic rings. The summed E-state index contributed by atoms with van der Waals surface area (Å²) in [5, 5.41) is 14.6. The molecule has 1 fully saturated rings. The molecule has 0 saturated heterocycles. The lowest BCUT2D eigenvalue weighted by Crippen LogP contribution is -2.42. The lowest BCUT2D eigenvalue weighted by molar-refractivity contribution is -0.137. The fourth-order valence-electron chi connectivity index (χ4n) is 4.79. The highest BCUT2D eigenvalue weighted by atomic mass is 16.5. The van der Waals surface area contributed by atoms with Crippen LogP contribution in [0.25, 0.3) is 11.1 Å². The predicted molar refractivity (Wildman–Crippen MR) is 128 cm³/mol. The van der Waals surface area contributed by atoms with Gasteiger partial charge < -0.3 is 20.5 Å². The van der Waals surface area contributed by atoms with Crippen molar-refractivity contribution in [1.29, 1.82) is 0 Å². The van der Waals surface area contributed by atoms with E-state index in [9.17, 15) is 14.4 Å². The molecule has 1 saturated carbocycles. The van der Waals surface area contributed by atoms with E-state index in [1.165, 1.54) is 11.1 Å². The van der Waals surface area contributed by atoms with Crippen molar-refractivity contribution in [3.05, 3.63) is 59.7 Å². The van der Waals surface area contributed by atoms with E-state index in [0.717, 1.165) is 24.0 Å². The number of aliphatic carboxylic acids is 1. The summed E-state index contributed by atoms with van der Waals surface area (Å²) < 4.78 is 5.65. The number of fused-ring (bicyclic) bond motifs is 3. The number of alkyl carbamates (subject to hydrolysis) is 1. The summed E-state index contributed by atoms with van der Waals surface area (Å²) in [4.78, 5) is 35.8. The molecule has 2 aliphatic rings. The number of rotatable bonds is 11. The van der Waals surface area contributed by atoms with Crippen molar-refractivity contribution in [2.75, 3.05) is 6.61 Å². The summed E-state index contributed by atoms with van der Waals surface area (Å²) in [6, 6.07) is 16.0. The third kappa shape index (κ3) is 5.95. The fraction of sp³-hybridized carbons (Fsp3) is 0.444. The van der Waals surface area contributed by atoms with Gasteiger partial charge in [-0.25, -0.2) is 4.79 Å². The van der Waals surface area contributed by atoms with E-state index in [-0.39, 0.29) is 49.3 Å². The van der Waals surface area contributed by atoms with Gasteiger partial charge in [0.25, 0.3) is 0 Å². The Labute approximate surface area is 199 Å². The quantitative estimate of drug-likeness (QED) is 0.456. The molecular formula is C27H32N2O5. The summed E-state index contributed by atoms with van der Waals surface area (Å²) in [7, 11) is 0. The van der Waals surface area contributed by atoms with Gasteiger partial charge in [-0.3, -0.25) is 9.59 Å². The maximum Gasteiger partial charge on any atom is 0.407 e. The summed E-state index contributed by atoms with van der Waals surface area (Å²) in [6.07, 6.45) is 2.87. The van der Waals surface area contributed by atoms with E-state index in [2.05, 4.69) is 34.9 Å². The molecule has 0 aromatic heterocycles. The van der Waals surface area contributed by atoms with Crippen LogP contribution in [0.1, 0.15) is 62.5 Å². The van der Waals surface area contributed by atoms with Gasteiger partial charge in [0.05, 0.1) is 0 Å². The lowest BCUT2D eigenvalue weighted by atomic mass is 9.98. The number of ether oxygens (including phenoxy) is 1. The summed E-state index contributed by atoms with van der Waals surface area (Å²) in [6.45, 7) is 2.11.